The molecule has 1 aromatic carbocycles. The quantitative estimate of drug-likeness (QED) is 0.891. The van der Waals surface area contributed by atoms with Gasteiger partial charge in [0.15, 0.2) is 0 Å². The van der Waals surface area contributed by atoms with Crippen LogP contribution in [-0.2, 0) is 10.0 Å². The highest BCUT2D eigenvalue weighted by atomic mass is 35.5. The number of halogens is 1. The largest absolute Gasteiger partial charge is 0.347 e. The Balaban J connectivity index is 2.40. The molecule has 2 rings (SSSR count). The zero-order valence-corrected chi connectivity index (χ0v) is 13.6. The molecule has 0 bridgehead atoms. The fraction of sp³-hybridized carbons (Fsp3) is 0.500. The smallest absolute Gasteiger partial charge is 0.252 e. The minimum atomic E-state index is -3.92. The maximum atomic E-state index is 12.5. The standard InChI is InChI=1S/C14H19ClN2O3S/c1-9-11(7-10(15)8-12(9)21(16,19)20)13(18)17-14(2)5-3-4-6-14/h7-8H,3-6H2,1-2H3,(H,17,18)(H2,16,19,20). The first-order chi connectivity index (χ1) is 9.62. The minimum absolute atomic E-state index is 0.114. The number of carbonyl (C=O) groups is 1. The molecule has 1 amide bonds. The van der Waals surface area contributed by atoms with E-state index < -0.39 is 10.0 Å². The van der Waals surface area contributed by atoms with Crippen LogP contribution in [0.2, 0.25) is 5.02 Å². The number of amides is 1. The molecule has 1 aliphatic carbocycles. The molecule has 5 nitrogen and oxygen atoms in total. The number of benzene rings is 1. The van der Waals surface area contributed by atoms with Crippen molar-refractivity contribution in [2.24, 2.45) is 5.14 Å². The average Bonchev–Trinajstić information content (AvgIpc) is 2.76. The topological polar surface area (TPSA) is 89.3 Å². The van der Waals surface area contributed by atoms with Crippen LogP contribution in [0, 0.1) is 6.92 Å². The molecule has 1 fully saturated rings. The molecule has 0 saturated heterocycles. The maximum absolute atomic E-state index is 12.5. The van der Waals surface area contributed by atoms with Crippen molar-refractivity contribution in [1.29, 1.82) is 0 Å². The van der Waals surface area contributed by atoms with Crippen molar-refractivity contribution >= 4 is 27.5 Å². The van der Waals surface area contributed by atoms with Gasteiger partial charge in [0.25, 0.3) is 5.91 Å². The summed E-state index contributed by atoms with van der Waals surface area (Å²) in [6.45, 7) is 3.56. The zero-order valence-electron chi connectivity index (χ0n) is 12.1. The molecule has 0 atom stereocenters. The van der Waals surface area contributed by atoms with Crippen molar-refractivity contribution in [2.75, 3.05) is 0 Å². The molecular weight excluding hydrogens is 312 g/mol. The van der Waals surface area contributed by atoms with E-state index in [1.165, 1.54) is 12.1 Å². The predicted octanol–water partition coefficient (Wildman–Crippen LogP) is 2.36. The normalized spacial score (nSPS) is 17.7. The second kappa shape index (κ2) is 5.59. The molecule has 7 heteroatoms. The van der Waals surface area contributed by atoms with Gasteiger partial charge in [-0.3, -0.25) is 4.79 Å². The number of rotatable bonds is 3. The summed E-state index contributed by atoms with van der Waals surface area (Å²) in [4.78, 5) is 12.3. The number of primary sulfonamides is 1. The molecule has 0 aromatic heterocycles. The molecule has 0 aliphatic heterocycles. The van der Waals surface area contributed by atoms with E-state index in [9.17, 15) is 13.2 Å². The third-order valence-electron chi connectivity index (χ3n) is 4.00. The van der Waals surface area contributed by atoms with E-state index >= 15 is 0 Å². The maximum Gasteiger partial charge on any atom is 0.252 e. The Morgan fingerprint density at radius 1 is 1.33 bits per heavy atom. The lowest BCUT2D eigenvalue weighted by Crippen LogP contribution is -2.43. The van der Waals surface area contributed by atoms with E-state index in [0.29, 0.717) is 5.56 Å². The van der Waals surface area contributed by atoms with E-state index in [4.69, 9.17) is 16.7 Å². The lowest BCUT2D eigenvalue weighted by molar-refractivity contribution is 0.0907. The summed E-state index contributed by atoms with van der Waals surface area (Å²) < 4.78 is 23.2. The van der Waals surface area contributed by atoms with E-state index in [0.717, 1.165) is 25.7 Å². The van der Waals surface area contributed by atoms with Crippen molar-refractivity contribution < 1.29 is 13.2 Å². The Hall–Kier alpha value is -1.11. The molecular formula is C14H19ClN2O3S. The molecule has 0 radical (unpaired) electrons. The monoisotopic (exact) mass is 330 g/mol. The van der Waals surface area contributed by atoms with Gasteiger partial charge in [-0.25, -0.2) is 13.6 Å². The fourth-order valence-corrected chi connectivity index (χ4v) is 3.92. The van der Waals surface area contributed by atoms with Crippen LogP contribution in [0.15, 0.2) is 17.0 Å². The van der Waals surface area contributed by atoms with Crippen molar-refractivity contribution in [3.05, 3.63) is 28.3 Å². The average molecular weight is 331 g/mol. The van der Waals surface area contributed by atoms with Gasteiger partial charge in [-0.2, -0.15) is 0 Å². The van der Waals surface area contributed by atoms with Crippen LogP contribution in [0.5, 0.6) is 0 Å². The highest BCUT2D eigenvalue weighted by molar-refractivity contribution is 7.89. The molecule has 1 aromatic rings. The summed E-state index contributed by atoms with van der Waals surface area (Å²) in [7, 11) is -3.92. The summed E-state index contributed by atoms with van der Waals surface area (Å²) in [6, 6.07) is 2.74. The van der Waals surface area contributed by atoms with Crippen LogP contribution in [0.3, 0.4) is 0 Å². The van der Waals surface area contributed by atoms with Crippen LogP contribution >= 0.6 is 11.6 Å². The van der Waals surface area contributed by atoms with Gasteiger partial charge in [-0.15, -0.1) is 0 Å². The predicted molar refractivity (Wildman–Crippen MR) is 81.9 cm³/mol. The molecule has 0 heterocycles. The van der Waals surface area contributed by atoms with Crippen molar-refractivity contribution in [1.82, 2.24) is 5.32 Å². The summed E-state index contributed by atoms with van der Waals surface area (Å²) in [6.07, 6.45) is 3.99. The van der Waals surface area contributed by atoms with Crippen molar-refractivity contribution in [3.8, 4) is 0 Å². The number of sulfonamides is 1. The molecule has 21 heavy (non-hydrogen) atoms. The van der Waals surface area contributed by atoms with E-state index in [1.54, 1.807) is 6.92 Å². The Morgan fingerprint density at radius 2 is 1.90 bits per heavy atom. The van der Waals surface area contributed by atoms with Crippen molar-refractivity contribution in [3.63, 3.8) is 0 Å². The van der Waals surface area contributed by atoms with Gasteiger partial charge in [-0.05, 0) is 44.4 Å². The van der Waals surface area contributed by atoms with E-state index in [1.807, 2.05) is 6.92 Å². The highest BCUT2D eigenvalue weighted by Gasteiger charge is 2.31. The van der Waals surface area contributed by atoms with Gasteiger partial charge in [0.2, 0.25) is 10.0 Å². The van der Waals surface area contributed by atoms with Gasteiger partial charge in [-0.1, -0.05) is 24.4 Å². The van der Waals surface area contributed by atoms with Gasteiger partial charge in [0, 0.05) is 16.1 Å². The van der Waals surface area contributed by atoms with Gasteiger partial charge >= 0.3 is 0 Å². The summed E-state index contributed by atoms with van der Waals surface area (Å²) in [5, 5.41) is 8.32. The van der Waals surface area contributed by atoms with Crippen LogP contribution in [0.1, 0.15) is 48.5 Å². The van der Waals surface area contributed by atoms with Crippen LogP contribution in [0.4, 0.5) is 0 Å². The van der Waals surface area contributed by atoms with Gasteiger partial charge in [0.05, 0.1) is 4.90 Å². The number of hydrogen-bond acceptors (Lipinski definition) is 3. The minimum Gasteiger partial charge on any atom is -0.347 e. The van der Waals surface area contributed by atoms with E-state index in [2.05, 4.69) is 5.32 Å². The molecule has 3 N–H and O–H groups in total. The summed E-state index contributed by atoms with van der Waals surface area (Å²) in [5.74, 6) is -0.315. The Bertz CT molecular complexity index is 680. The fourth-order valence-electron chi connectivity index (χ4n) is 2.81. The zero-order chi connectivity index (χ0) is 15.8. The van der Waals surface area contributed by atoms with Crippen LogP contribution in [-0.4, -0.2) is 19.9 Å². The number of nitrogens with two attached hydrogens (primary N) is 1. The Labute approximate surface area is 129 Å². The molecule has 0 spiro atoms. The first kappa shape index (κ1) is 16.3. The first-order valence-corrected chi connectivity index (χ1v) is 8.70. The highest BCUT2D eigenvalue weighted by Crippen LogP contribution is 2.30. The Kier molecular flexibility index (Phi) is 4.33. The van der Waals surface area contributed by atoms with Crippen LogP contribution < -0.4 is 10.5 Å². The van der Waals surface area contributed by atoms with Gasteiger partial charge < -0.3 is 5.32 Å². The van der Waals surface area contributed by atoms with Gasteiger partial charge in [0.1, 0.15) is 0 Å². The molecule has 116 valence electrons. The molecule has 1 aliphatic rings. The summed E-state index contributed by atoms with van der Waals surface area (Å²) in [5.41, 5.74) is 0.328. The Morgan fingerprint density at radius 3 is 2.43 bits per heavy atom. The second-order valence-electron chi connectivity index (χ2n) is 5.84. The van der Waals surface area contributed by atoms with Crippen LogP contribution in [0.25, 0.3) is 0 Å². The number of carbonyl (C=O) groups excluding carboxylic acids is 1. The number of nitrogens with one attached hydrogen (secondary N) is 1. The van der Waals surface area contributed by atoms with E-state index in [-0.39, 0.29) is 26.9 Å². The lowest BCUT2D eigenvalue weighted by atomic mass is 9.99. The summed E-state index contributed by atoms with van der Waals surface area (Å²) >= 11 is 5.92. The number of hydrogen-bond donors (Lipinski definition) is 2. The molecule has 0 unspecified atom stereocenters. The second-order valence-corrected chi connectivity index (χ2v) is 7.81. The third kappa shape index (κ3) is 3.56. The lowest BCUT2D eigenvalue weighted by Gasteiger charge is -2.26. The SMILES string of the molecule is Cc1c(C(=O)NC2(C)CCCC2)cc(Cl)cc1S(N)(=O)=O. The third-order valence-corrected chi connectivity index (χ3v) is 5.25. The van der Waals surface area contributed by atoms with Crippen molar-refractivity contribution in [2.45, 2.75) is 50.0 Å². The first-order valence-electron chi connectivity index (χ1n) is 6.78. The molecule has 1 saturated carbocycles.